The first-order valence-corrected chi connectivity index (χ1v) is 7.58. The Balaban J connectivity index is 2.11. The normalized spacial score (nSPS) is 25.6. The maximum atomic E-state index is 14.0. The first-order valence-electron chi connectivity index (χ1n) is 7.58. The molecule has 2 rings (SSSR count). The van der Waals surface area contributed by atoms with E-state index in [1.165, 1.54) is 18.9 Å². The van der Waals surface area contributed by atoms with Crippen molar-refractivity contribution in [2.24, 2.45) is 5.92 Å². The molecule has 0 amide bonds. The van der Waals surface area contributed by atoms with Crippen LogP contribution in [0.1, 0.15) is 38.2 Å². The molecule has 1 fully saturated rings. The number of nitrogens with zero attached hydrogens (tertiary/aromatic N) is 2. The molecular formula is C17H24FN3. The van der Waals surface area contributed by atoms with Gasteiger partial charge in [0.1, 0.15) is 5.82 Å². The van der Waals surface area contributed by atoms with Crippen LogP contribution in [0, 0.1) is 23.1 Å². The summed E-state index contributed by atoms with van der Waals surface area (Å²) in [6, 6.07) is 6.55. The fraction of sp³-hybridized carbons (Fsp3) is 0.588. The van der Waals surface area contributed by atoms with Crippen LogP contribution < -0.4 is 5.32 Å². The van der Waals surface area contributed by atoms with E-state index in [4.69, 9.17) is 5.26 Å². The van der Waals surface area contributed by atoms with Crippen molar-refractivity contribution in [2.45, 2.75) is 38.1 Å². The fourth-order valence-electron chi connectivity index (χ4n) is 3.34. The molecule has 2 atom stereocenters. The predicted molar refractivity (Wildman–Crippen MR) is 83.7 cm³/mol. The number of nitriles is 1. The zero-order valence-electron chi connectivity index (χ0n) is 13.1. The summed E-state index contributed by atoms with van der Waals surface area (Å²) in [5, 5.41) is 12.0. The first-order chi connectivity index (χ1) is 9.97. The van der Waals surface area contributed by atoms with Crippen molar-refractivity contribution in [3.05, 3.63) is 29.6 Å². The second-order valence-electron chi connectivity index (χ2n) is 6.48. The molecule has 0 aromatic heterocycles. The van der Waals surface area contributed by atoms with Crippen LogP contribution in [0.25, 0.3) is 0 Å². The minimum atomic E-state index is -0.355. The molecule has 1 aromatic carbocycles. The van der Waals surface area contributed by atoms with E-state index in [0.29, 0.717) is 17.2 Å². The quantitative estimate of drug-likeness (QED) is 0.920. The van der Waals surface area contributed by atoms with E-state index in [1.807, 2.05) is 6.07 Å². The van der Waals surface area contributed by atoms with Gasteiger partial charge in [0.2, 0.25) is 0 Å². The Kier molecular flexibility index (Phi) is 4.84. The fourth-order valence-corrected chi connectivity index (χ4v) is 3.34. The highest BCUT2D eigenvalue weighted by Crippen LogP contribution is 2.36. The van der Waals surface area contributed by atoms with Gasteiger partial charge in [-0.25, -0.2) is 4.39 Å². The van der Waals surface area contributed by atoms with Gasteiger partial charge in [0.25, 0.3) is 0 Å². The summed E-state index contributed by atoms with van der Waals surface area (Å²) in [6.07, 6.45) is 4.76. The smallest absolute Gasteiger partial charge is 0.147 e. The third kappa shape index (κ3) is 3.54. The summed E-state index contributed by atoms with van der Waals surface area (Å²) in [6.45, 7) is 3.02. The Morgan fingerprint density at radius 1 is 1.48 bits per heavy atom. The molecule has 0 aliphatic heterocycles. The number of benzene rings is 1. The molecule has 2 unspecified atom stereocenters. The maximum Gasteiger partial charge on any atom is 0.147 e. The third-order valence-electron chi connectivity index (χ3n) is 4.72. The van der Waals surface area contributed by atoms with Crippen LogP contribution in [0.4, 0.5) is 10.1 Å². The highest BCUT2D eigenvalue weighted by atomic mass is 19.1. The van der Waals surface area contributed by atoms with E-state index in [0.717, 1.165) is 19.4 Å². The van der Waals surface area contributed by atoms with Gasteiger partial charge in [-0.15, -0.1) is 0 Å². The predicted octanol–water partition coefficient (Wildman–Crippen LogP) is 3.62. The number of hydrogen-bond acceptors (Lipinski definition) is 3. The Bertz CT molecular complexity index is 535. The second kappa shape index (κ2) is 6.44. The van der Waals surface area contributed by atoms with Gasteiger partial charge >= 0.3 is 0 Å². The molecule has 1 N–H and O–H groups in total. The van der Waals surface area contributed by atoms with Crippen molar-refractivity contribution >= 4 is 5.69 Å². The molecule has 3 nitrogen and oxygen atoms in total. The molecule has 1 aliphatic rings. The molecule has 1 aromatic rings. The Labute approximate surface area is 126 Å². The van der Waals surface area contributed by atoms with Gasteiger partial charge in [0.15, 0.2) is 0 Å². The topological polar surface area (TPSA) is 39.1 Å². The van der Waals surface area contributed by atoms with Crippen LogP contribution in [-0.2, 0) is 0 Å². The van der Waals surface area contributed by atoms with Gasteiger partial charge in [-0.3, -0.25) is 0 Å². The van der Waals surface area contributed by atoms with E-state index in [9.17, 15) is 4.39 Å². The average molecular weight is 289 g/mol. The number of likely N-dealkylation sites (N-methyl/N-ethyl adjacent to an activating group) is 1. The van der Waals surface area contributed by atoms with E-state index in [-0.39, 0.29) is 11.4 Å². The van der Waals surface area contributed by atoms with Crippen molar-refractivity contribution in [1.29, 1.82) is 5.26 Å². The SMILES string of the molecule is CC1CCCC(CNc2ccc(C#N)cc2F)(N(C)C)C1. The van der Waals surface area contributed by atoms with Crippen LogP contribution in [0.3, 0.4) is 0 Å². The van der Waals surface area contributed by atoms with E-state index in [1.54, 1.807) is 12.1 Å². The number of rotatable bonds is 4. The van der Waals surface area contributed by atoms with Crippen LogP contribution in [0.2, 0.25) is 0 Å². The van der Waals surface area contributed by atoms with E-state index < -0.39 is 0 Å². The van der Waals surface area contributed by atoms with E-state index in [2.05, 4.69) is 31.2 Å². The highest BCUT2D eigenvalue weighted by Gasteiger charge is 2.36. The van der Waals surface area contributed by atoms with Crippen LogP contribution in [0.15, 0.2) is 18.2 Å². The largest absolute Gasteiger partial charge is 0.381 e. The number of halogens is 1. The lowest BCUT2D eigenvalue weighted by Crippen LogP contribution is -2.52. The van der Waals surface area contributed by atoms with Gasteiger partial charge in [-0.1, -0.05) is 19.8 Å². The Morgan fingerprint density at radius 3 is 2.81 bits per heavy atom. The van der Waals surface area contributed by atoms with Crippen molar-refractivity contribution in [3.63, 3.8) is 0 Å². The summed E-state index contributed by atoms with van der Waals surface area (Å²) < 4.78 is 14.0. The number of hydrogen-bond donors (Lipinski definition) is 1. The Hall–Kier alpha value is -1.60. The van der Waals surface area contributed by atoms with Gasteiger partial charge in [-0.2, -0.15) is 5.26 Å². The summed E-state index contributed by atoms with van der Waals surface area (Å²) in [5.74, 6) is 0.348. The van der Waals surface area contributed by atoms with Gasteiger partial charge in [0, 0.05) is 12.1 Å². The lowest BCUT2D eigenvalue weighted by Gasteiger charge is -2.45. The van der Waals surface area contributed by atoms with Crippen LogP contribution in [0.5, 0.6) is 0 Å². The molecule has 21 heavy (non-hydrogen) atoms. The van der Waals surface area contributed by atoms with Crippen LogP contribution >= 0.6 is 0 Å². The summed E-state index contributed by atoms with van der Waals surface area (Å²) >= 11 is 0. The van der Waals surface area contributed by atoms with Crippen molar-refractivity contribution in [3.8, 4) is 6.07 Å². The van der Waals surface area contributed by atoms with Gasteiger partial charge in [0.05, 0.1) is 17.3 Å². The third-order valence-corrected chi connectivity index (χ3v) is 4.72. The molecule has 0 spiro atoms. The second-order valence-corrected chi connectivity index (χ2v) is 6.48. The van der Waals surface area contributed by atoms with E-state index >= 15 is 0 Å². The van der Waals surface area contributed by atoms with Gasteiger partial charge < -0.3 is 10.2 Å². The number of nitrogens with one attached hydrogen (secondary N) is 1. The summed E-state index contributed by atoms with van der Waals surface area (Å²) in [7, 11) is 4.21. The lowest BCUT2D eigenvalue weighted by molar-refractivity contribution is 0.0882. The zero-order valence-corrected chi connectivity index (χ0v) is 13.1. The molecule has 0 bridgehead atoms. The molecule has 1 saturated carbocycles. The summed E-state index contributed by atoms with van der Waals surface area (Å²) in [4.78, 5) is 2.28. The monoisotopic (exact) mass is 289 g/mol. The number of anilines is 1. The standard InChI is InChI=1S/C17H24FN3/c1-13-5-4-8-17(10-13,21(2)3)12-20-16-7-6-14(11-19)9-15(16)18/h6-7,9,13,20H,4-5,8,10,12H2,1-3H3. The minimum absolute atomic E-state index is 0.0814. The molecule has 114 valence electrons. The minimum Gasteiger partial charge on any atom is -0.381 e. The van der Waals surface area contributed by atoms with Crippen LogP contribution in [-0.4, -0.2) is 31.1 Å². The summed E-state index contributed by atoms with van der Waals surface area (Å²) in [5.41, 5.74) is 0.915. The molecular weight excluding hydrogens is 265 g/mol. The molecule has 0 saturated heterocycles. The maximum absolute atomic E-state index is 14.0. The first kappa shape index (κ1) is 15.8. The zero-order chi connectivity index (χ0) is 15.5. The Morgan fingerprint density at radius 2 is 2.24 bits per heavy atom. The molecule has 4 heteroatoms. The van der Waals surface area contributed by atoms with Gasteiger partial charge in [-0.05, 0) is 51.1 Å². The van der Waals surface area contributed by atoms with Crippen molar-refractivity contribution in [1.82, 2.24) is 4.90 Å². The average Bonchev–Trinajstić information content (AvgIpc) is 2.45. The van der Waals surface area contributed by atoms with Crippen molar-refractivity contribution in [2.75, 3.05) is 26.0 Å². The molecule has 0 heterocycles. The molecule has 0 radical (unpaired) electrons. The highest BCUT2D eigenvalue weighted by molar-refractivity contribution is 5.49. The van der Waals surface area contributed by atoms with Crippen molar-refractivity contribution < 1.29 is 4.39 Å². The lowest BCUT2D eigenvalue weighted by atomic mass is 9.75. The molecule has 1 aliphatic carbocycles.